The minimum atomic E-state index is -0.189. The summed E-state index contributed by atoms with van der Waals surface area (Å²) in [5.74, 6) is -0.458. The summed E-state index contributed by atoms with van der Waals surface area (Å²) in [4.78, 5) is 36.7. The van der Waals surface area contributed by atoms with Crippen LogP contribution in [0.5, 0.6) is 0 Å². The maximum atomic E-state index is 12.2. The van der Waals surface area contributed by atoms with Crippen molar-refractivity contribution in [2.45, 2.75) is 38.5 Å². The van der Waals surface area contributed by atoms with E-state index in [4.69, 9.17) is 16.6 Å². The van der Waals surface area contributed by atoms with Crippen LogP contribution in [0.15, 0.2) is 18.2 Å². The number of hydrogen-bond donors (Lipinski definition) is 3. The van der Waals surface area contributed by atoms with Crippen molar-refractivity contribution in [2.75, 3.05) is 19.7 Å². The molecule has 0 unspecified atom stereocenters. The number of aliphatic hydroxyl groups excluding tert-OH is 1. The van der Waals surface area contributed by atoms with Crippen molar-refractivity contribution in [3.05, 3.63) is 34.9 Å². The van der Waals surface area contributed by atoms with Gasteiger partial charge in [-0.05, 0) is 50.6 Å². The molecular formula is C18H26N2O4. The average Bonchev–Trinajstić information content (AvgIpc) is 2.61. The van der Waals surface area contributed by atoms with E-state index in [2.05, 4.69) is 0 Å². The first-order valence-electron chi connectivity index (χ1n) is 8.29. The topological polar surface area (TPSA) is 123 Å². The van der Waals surface area contributed by atoms with Gasteiger partial charge in [0.25, 0.3) is 0 Å². The Balaban J connectivity index is 3.11. The molecule has 1 aromatic carbocycles. The lowest BCUT2D eigenvalue weighted by molar-refractivity contribution is 0.0971. The number of ketones is 3. The molecule has 0 atom stereocenters. The van der Waals surface area contributed by atoms with Crippen LogP contribution in [0.1, 0.15) is 69.6 Å². The van der Waals surface area contributed by atoms with Crippen molar-refractivity contribution in [1.82, 2.24) is 0 Å². The summed E-state index contributed by atoms with van der Waals surface area (Å²) >= 11 is 0. The van der Waals surface area contributed by atoms with E-state index in [1.807, 2.05) is 0 Å². The van der Waals surface area contributed by atoms with Gasteiger partial charge in [-0.15, -0.1) is 0 Å². The Labute approximate surface area is 142 Å². The van der Waals surface area contributed by atoms with Gasteiger partial charge in [-0.2, -0.15) is 0 Å². The summed E-state index contributed by atoms with van der Waals surface area (Å²) in [5.41, 5.74) is 11.9. The third-order valence-corrected chi connectivity index (χ3v) is 3.68. The zero-order valence-electron chi connectivity index (χ0n) is 13.9. The predicted octanol–water partition coefficient (Wildman–Crippen LogP) is 1.48. The van der Waals surface area contributed by atoms with Crippen molar-refractivity contribution < 1.29 is 19.5 Å². The molecule has 0 amide bonds. The Bertz CT molecular complexity index is 491. The summed E-state index contributed by atoms with van der Waals surface area (Å²) in [5, 5.41) is 8.86. The molecule has 132 valence electrons. The van der Waals surface area contributed by atoms with Crippen LogP contribution in [-0.4, -0.2) is 42.2 Å². The summed E-state index contributed by atoms with van der Waals surface area (Å²) in [6, 6.07) is 4.59. The smallest absolute Gasteiger partial charge is 0.163 e. The lowest BCUT2D eigenvalue weighted by Crippen LogP contribution is -2.11. The molecule has 6 heteroatoms. The van der Waals surface area contributed by atoms with Gasteiger partial charge in [0.1, 0.15) is 0 Å². The molecule has 0 aliphatic heterocycles. The SMILES string of the molecule is NCCCC(=O)c1cc(C(=O)CCCN)cc(C(=O)CCCO)c1. The molecule has 1 aromatic rings. The fourth-order valence-corrected chi connectivity index (χ4v) is 2.31. The molecule has 0 aromatic heterocycles. The monoisotopic (exact) mass is 334 g/mol. The summed E-state index contributed by atoms with van der Waals surface area (Å²) in [7, 11) is 0. The van der Waals surface area contributed by atoms with Crippen LogP contribution in [-0.2, 0) is 0 Å². The van der Waals surface area contributed by atoms with Crippen molar-refractivity contribution in [1.29, 1.82) is 0 Å². The largest absolute Gasteiger partial charge is 0.396 e. The zero-order chi connectivity index (χ0) is 17.9. The number of hydrogen-bond acceptors (Lipinski definition) is 6. The van der Waals surface area contributed by atoms with Gasteiger partial charge >= 0.3 is 0 Å². The van der Waals surface area contributed by atoms with Crippen molar-refractivity contribution >= 4 is 17.3 Å². The first-order valence-corrected chi connectivity index (χ1v) is 8.29. The molecule has 0 radical (unpaired) electrons. The van der Waals surface area contributed by atoms with Crippen LogP contribution < -0.4 is 11.5 Å². The highest BCUT2D eigenvalue weighted by Crippen LogP contribution is 2.17. The minimum Gasteiger partial charge on any atom is -0.396 e. The molecule has 0 aliphatic carbocycles. The van der Waals surface area contributed by atoms with Gasteiger partial charge in [0.15, 0.2) is 17.3 Å². The van der Waals surface area contributed by atoms with E-state index < -0.39 is 0 Å². The van der Waals surface area contributed by atoms with Gasteiger partial charge in [-0.3, -0.25) is 14.4 Å². The number of rotatable bonds is 12. The highest BCUT2D eigenvalue weighted by molar-refractivity contribution is 6.06. The number of carbonyl (C=O) groups is 3. The lowest BCUT2D eigenvalue weighted by atomic mass is 9.94. The maximum absolute atomic E-state index is 12.2. The highest BCUT2D eigenvalue weighted by atomic mass is 16.3. The highest BCUT2D eigenvalue weighted by Gasteiger charge is 2.16. The van der Waals surface area contributed by atoms with E-state index in [9.17, 15) is 14.4 Å². The fraction of sp³-hybridized carbons (Fsp3) is 0.500. The number of nitrogens with two attached hydrogens (primary N) is 2. The van der Waals surface area contributed by atoms with Gasteiger partial charge in [0, 0.05) is 42.6 Å². The molecule has 1 rings (SSSR count). The number of carbonyl (C=O) groups excluding carboxylic acids is 3. The Kier molecular flexibility index (Phi) is 9.07. The molecule has 6 nitrogen and oxygen atoms in total. The Morgan fingerprint density at radius 2 is 1.04 bits per heavy atom. The average molecular weight is 334 g/mol. The molecule has 0 saturated carbocycles. The van der Waals surface area contributed by atoms with E-state index in [1.54, 1.807) is 6.07 Å². The van der Waals surface area contributed by atoms with E-state index in [0.29, 0.717) is 49.0 Å². The first-order chi connectivity index (χ1) is 11.5. The van der Waals surface area contributed by atoms with Crippen LogP contribution >= 0.6 is 0 Å². The van der Waals surface area contributed by atoms with Gasteiger partial charge < -0.3 is 16.6 Å². The van der Waals surface area contributed by atoms with Crippen LogP contribution in [0.4, 0.5) is 0 Å². The number of benzene rings is 1. The lowest BCUT2D eigenvalue weighted by Gasteiger charge is -2.09. The van der Waals surface area contributed by atoms with Gasteiger partial charge in [-0.1, -0.05) is 0 Å². The molecule has 5 N–H and O–H groups in total. The Morgan fingerprint density at radius 1 is 0.708 bits per heavy atom. The fourth-order valence-electron chi connectivity index (χ4n) is 2.31. The first kappa shape index (κ1) is 20.2. The molecule has 0 spiro atoms. The van der Waals surface area contributed by atoms with Gasteiger partial charge in [0.05, 0.1) is 0 Å². The van der Waals surface area contributed by atoms with Crippen LogP contribution in [0.2, 0.25) is 0 Å². The second kappa shape index (κ2) is 10.8. The maximum Gasteiger partial charge on any atom is 0.163 e. The van der Waals surface area contributed by atoms with E-state index in [-0.39, 0.29) is 43.2 Å². The molecule has 0 bridgehead atoms. The standard InChI is InChI=1S/C18H26N2O4/c19-7-1-4-16(22)13-10-14(17(23)5-2-8-20)12-15(11-13)18(24)6-3-9-21/h10-12,21H,1-9,19-20H2. The predicted molar refractivity (Wildman–Crippen MR) is 92.3 cm³/mol. The second-order valence-electron chi connectivity index (χ2n) is 5.68. The normalized spacial score (nSPS) is 10.6. The third kappa shape index (κ3) is 6.31. The summed E-state index contributed by atoms with van der Waals surface area (Å²) < 4.78 is 0. The van der Waals surface area contributed by atoms with E-state index in [0.717, 1.165) is 0 Å². The van der Waals surface area contributed by atoms with E-state index in [1.165, 1.54) is 12.1 Å². The second-order valence-corrected chi connectivity index (χ2v) is 5.68. The third-order valence-electron chi connectivity index (χ3n) is 3.68. The molecule has 0 fully saturated rings. The van der Waals surface area contributed by atoms with Gasteiger partial charge in [0.2, 0.25) is 0 Å². The van der Waals surface area contributed by atoms with Crippen molar-refractivity contribution in [2.24, 2.45) is 11.5 Å². The van der Waals surface area contributed by atoms with E-state index >= 15 is 0 Å². The van der Waals surface area contributed by atoms with Crippen LogP contribution in [0, 0.1) is 0 Å². The quantitative estimate of drug-likeness (QED) is 0.497. The van der Waals surface area contributed by atoms with Crippen LogP contribution in [0.25, 0.3) is 0 Å². The number of aliphatic hydroxyl groups is 1. The molecular weight excluding hydrogens is 308 g/mol. The molecule has 0 saturated heterocycles. The molecule has 24 heavy (non-hydrogen) atoms. The molecule has 0 heterocycles. The summed E-state index contributed by atoms with van der Waals surface area (Å²) in [6.07, 6.45) is 2.19. The van der Waals surface area contributed by atoms with Crippen LogP contribution in [0.3, 0.4) is 0 Å². The minimum absolute atomic E-state index is 0.0802. The number of Topliss-reactive ketones (excluding diaryl/α,β-unsaturated/α-hetero) is 3. The Morgan fingerprint density at radius 3 is 1.33 bits per heavy atom. The van der Waals surface area contributed by atoms with Gasteiger partial charge in [-0.25, -0.2) is 0 Å². The Hall–Kier alpha value is -1.89. The van der Waals surface area contributed by atoms with Crippen molar-refractivity contribution in [3.63, 3.8) is 0 Å². The molecule has 0 aliphatic rings. The zero-order valence-corrected chi connectivity index (χ0v) is 13.9. The van der Waals surface area contributed by atoms with Crippen molar-refractivity contribution in [3.8, 4) is 0 Å². The summed E-state index contributed by atoms with van der Waals surface area (Å²) in [6.45, 7) is 0.732.